The van der Waals surface area contributed by atoms with Crippen LogP contribution < -0.4 is 5.32 Å². The number of thiazole rings is 1. The minimum absolute atomic E-state index is 0.302. The van der Waals surface area contributed by atoms with Crippen LogP contribution in [-0.4, -0.2) is 22.1 Å². The number of aromatic nitrogens is 1. The first-order valence-corrected chi connectivity index (χ1v) is 6.00. The standard InChI is InChI=1S/C10H14N2O2S/c13-9(14)6-7-1-2-8(5-7)12-10-11-3-4-15-10/h3-4,7-8H,1-2,5-6H2,(H,11,12)(H,13,14). The molecule has 1 aliphatic carbocycles. The van der Waals surface area contributed by atoms with Gasteiger partial charge in [-0.15, -0.1) is 11.3 Å². The number of carboxylic acid groups (broad SMARTS) is 1. The highest BCUT2D eigenvalue weighted by molar-refractivity contribution is 7.13. The van der Waals surface area contributed by atoms with E-state index >= 15 is 0 Å². The van der Waals surface area contributed by atoms with Crippen LogP contribution in [0.2, 0.25) is 0 Å². The summed E-state index contributed by atoms with van der Waals surface area (Å²) in [5.41, 5.74) is 0. The molecule has 1 fully saturated rings. The zero-order chi connectivity index (χ0) is 10.7. The van der Waals surface area contributed by atoms with Crippen molar-refractivity contribution >= 4 is 22.4 Å². The van der Waals surface area contributed by atoms with Crippen molar-refractivity contribution in [1.29, 1.82) is 0 Å². The first-order valence-electron chi connectivity index (χ1n) is 5.12. The van der Waals surface area contributed by atoms with Crippen molar-refractivity contribution in [3.63, 3.8) is 0 Å². The Kier molecular flexibility index (Phi) is 3.20. The molecule has 0 aliphatic heterocycles. The van der Waals surface area contributed by atoms with E-state index in [1.165, 1.54) is 0 Å². The summed E-state index contributed by atoms with van der Waals surface area (Å²) in [4.78, 5) is 14.7. The molecule has 2 N–H and O–H groups in total. The van der Waals surface area contributed by atoms with Gasteiger partial charge in [0.15, 0.2) is 5.13 Å². The molecule has 4 nitrogen and oxygen atoms in total. The van der Waals surface area contributed by atoms with Gasteiger partial charge < -0.3 is 10.4 Å². The predicted molar refractivity (Wildman–Crippen MR) is 59.1 cm³/mol. The Hall–Kier alpha value is -1.10. The number of anilines is 1. The Bertz CT molecular complexity index is 326. The molecular weight excluding hydrogens is 212 g/mol. The number of carboxylic acids is 1. The van der Waals surface area contributed by atoms with Crippen molar-refractivity contribution in [2.24, 2.45) is 5.92 Å². The van der Waals surface area contributed by atoms with Crippen LogP contribution in [-0.2, 0) is 4.79 Å². The fourth-order valence-electron chi connectivity index (χ4n) is 2.11. The average molecular weight is 226 g/mol. The van der Waals surface area contributed by atoms with Gasteiger partial charge in [-0.2, -0.15) is 0 Å². The molecule has 1 aliphatic rings. The van der Waals surface area contributed by atoms with Gasteiger partial charge in [0.05, 0.1) is 0 Å². The van der Waals surface area contributed by atoms with Crippen molar-refractivity contribution in [3.8, 4) is 0 Å². The van der Waals surface area contributed by atoms with Gasteiger partial charge in [0.2, 0.25) is 0 Å². The summed E-state index contributed by atoms with van der Waals surface area (Å²) < 4.78 is 0. The molecule has 2 unspecified atom stereocenters. The van der Waals surface area contributed by atoms with Crippen molar-refractivity contribution in [2.75, 3.05) is 5.32 Å². The molecule has 2 rings (SSSR count). The SMILES string of the molecule is O=C(O)CC1CCC(Nc2nccs2)C1. The molecule has 1 aromatic rings. The first-order chi connectivity index (χ1) is 7.24. The maximum absolute atomic E-state index is 10.5. The number of hydrogen-bond acceptors (Lipinski definition) is 4. The van der Waals surface area contributed by atoms with E-state index in [2.05, 4.69) is 10.3 Å². The van der Waals surface area contributed by atoms with Gasteiger partial charge in [-0.25, -0.2) is 4.98 Å². The maximum Gasteiger partial charge on any atom is 0.303 e. The fourth-order valence-corrected chi connectivity index (χ4v) is 2.71. The lowest BCUT2D eigenvalue weighted by atomic mass is 10.0. The highest BCUT2D eigenvalue weighted by atomic mass is 32.1. The van der Waals surface area contributed by atoms with Gasteiger partial charge in [-0.1, -0.05) is 0 Å². The van der Waals surface area contributed by atoms with Crippen molar-refractivity contribution < 1.29 is 9.90 Å². The fraction of sp³-hybridized carbons (Fsp3) is 0.600. The molecule has 15 heavy (non-hydrogen) atoms. The minimum atomic E-state index is -0.685. The summed E-state index contributed by atoms with van der Waals surface area (Å²) in [6, 6.07) is 0.403. The first kappa shape index (κ1) is 10.4. The van der Waals surface area contributed by atoms with Crippen molar-refractivity contribution in [3.05, 3.63) is 11.6 Å². The van der Waals surface area contributed by atoms with Crippen LogP contribution in [0.4, 0.5) is 5.13 Å². The quantitative estimate of drug-likeness (QED) is 0.826. The molecule has 1 aromatic heterocycles. The van der Waals surface area contributed by atoms with Crippen molar-refractivity contribution in [1.82, 2.24) is 4.98 Å². The van der Waals surface area contributed by atoms with E-state index in [0.29, 0.717) is 18.4 Å². The molecule has 0 spiro atoms. The molecule has 0 bridgehead atoms. The second kappa shape index (κ2) is 4.61. The molecule has 0 amide bonds. The highest BCUT2D eigenvalue weighted by Gasteiger charge is 2.26. The number of carbonyl (C=O) groups is 1. The summed E-state index contributed by atoms with van der Waals surface area (Å²) in [7, 11) is 0. The number of nitrogens with one attached hydrogen (secondary N) is 1. The van der Waals surface area contributed by atoms with Crippen molar-refractivity contribution in [2.45, 2.75) is 31.7 Å². The van der Waals surface area contributed by atoms with Crippen LogP contribution in [0.3, 0.4) is 0 Å². The lowest BCUT2D eigenvalue weighted by Gasteiger charge is -2.11. The Morgan fingerprint density at radius 2 is 2.53 bits per heavy atom. The summed E-state index contributed by atoms with van der Waals surface area (Å²) >= 11 is 1.59. The van der Waals surface area contributed by atoms with Gasteiger partial charge in [-0.05, 0) is 25.2 Å². The lowest BCUT2D eigenvalue weighted by molar-refractivity contribution is -0.138. The van der Waals surface area contributed by atoms with Crippen LogP contribution in [0.1, 0.15) is 25.7 Å². The van der Waals surface area contributed by atoms with E-state index in [1.54, 1.807) is 17.5 Å². The summed E-state index contributed by atoms with van der Waals surface area (Å²) in [5.74, 6) is -0.352. The van der Waals surface area contributed by atoms with Crippen LogP contribution in [0.25, 0.3) is 0 Å². The Balaban J connectivity index is 1.80. The van der Waals surface area contributed by atoms with E-state index in [0.717, 1.165) is 24.4 Å². The number of nitrogens with zero attached hydrogens (tertiary/aromatic N) is 1. The average Bonchev–Trinajstić information content (AvgIpc) is 2.77. The Labute approximate surface area is 92.3 Å². The Morgan fingerprint density at radius 1 is 1.67 bits per heavy atom. The zero-order valence-corrected chi connectivity index (χ0v) is 9.17. The van der Waals surface area contributed by atoms with Crippen LogP contribution in [0.5, 0.6) is 0 Å². The maximum atomic E-state index is 10.5. The summed E-state index contributed by atoms with van der Waals surface area (Å²) in [6.07, 6.45) is 5.09. The monoisotopic (exact) mass is 226 g/mol. The highest BCUT2D eigenvalue weighted by Crippen LogP contribution is 2.30. The van der Waals surface area contributed by atoms with E-state index in [1.807, 2.05) is 5.38 Å². The van der Waals surface area contributed by atoms with E-state index in [4.69, 9.17) is 5.11 Å². The van der Waals surface area contributed by atoms with E-state index < -0.39 is 5.97 Å². The molecule has 5 heteroatoms. The number of rotatable bonds is 4. The van der Waals surface area contributed by atoms with Gasteiger partial charge in [0, 0.05) is 24.0 Å². The van der Waals surface area contributed by atoms with Gasteiger partial charge in [-0.3, -0.25) is 4.79 Å². The topological polar surface area (TPSA) is 62.2 Å². The smallest absolute Gasteiger partial charge is 0.303 e. The number of aliphatic carboxylic acids is 1. The van der Waals surface area contributed by atoms with Gasteiger partial charge in [0.1, 0.15) is 0 Å². The van der Waals surface area contributed by atoms with Crippen LogP contribution in [0.15, 0.2) is 11.6 Å². The molecule has 0 radical (unpaired) electrons. The van der Waals surface area contributed by atoms with E-state index in [-0.39, 0.29) is 0 Å². The molecule has 1 saturated carbocycles. The minimum Gasteiger partial charge on any atom is -0.481 e. The summed E-state index contributed by atoms with van der Waals surface area (Å²) in [5, 5.41) is 14.9. The third-order valence-electron chi connectivity index (χ3n) is 2.76. The summed E-state index contributed by atoms with van der Waals surface area (Å²) in [6.45, 7) is 0. The van der Waals surface area contributed by atoms with Crippen LogP contribution in [0, 0.1) is 5.92 Å². The molecule has 1 heterocycles. The van der Waals surface area contributed by atoms with Crippen LogP contribution >= 0.6 is 11.3 Å². The van der Waals surface area contributed by atoms with Gasteiger partial charge in [0.25, 0.3) is 0 Å². The number of hydrogen-bond donors (Lipinski definition) is 2. The molecule has 0 saturated heterocycles. The zero-order valence-electron chi connectivity index (χ0n) is 8.35. The normalized spacial score (nSPS) is 25.3. The second-order valence-corrected chi connectivity index (χ2v) is 4.85. The Morgan fingerprint density at radius 3 is 3.20 bits per heavy atom. The lowest BCUT2D eigenvalue weighted by Crippen LogP contribution is -2.15. The van der Waals surface area contributed by atoms with E-state index in [9.17, 15) is 4.79 Å². The molecule has 2 atom stereocenters. The largest absolute Gasteiger partial charge is 0.481 e. The molecule has 0 aromatic carbocycles. The molecular formula is C10H14N2O2S. The predicted octanol–water partition coefficient (Wildman–Crippen LogP) is 2.20. The molecule has 82 valence electrons. The third-order valence-corrected chi connectivity index (χ3v) is 3.47. The second-order valence-electron chi connectivity index (χ2n) is 3.96. The van der Waals surface area contributed by atoms with Gasteiger partial charge >= 0.3 is 5.97 Å². The third kappa shape index (κ3) is 2.92.